The highest BCUT2D eigenvalue weighted by molar-refractivity contribution is 9.09. The maximum Gasteiger partial charge on any atom is 0.119 e. The second-order valence-electron chi connectivity index (χ2n) is 4.45. The minimum atomic E-state index is 0.625. The second kappa shape index (κ2) is 4.56. The summed E-state index contributed by atoms with van der Waals surface area (Å²) in [4.78, 5) is 0.625. The maximum absolute atomic E-state index is 5.22. The van der Waals surface area contributed by atoms with Crippen molar-refractivity contribution < 1.29 is 4.74 Å². The number of benzene rings is 1. The van der Waals surface area contributed by atoms with Gasteiger partial charge in [0.1, 0.15) is 5.75 Å². The zero-order valence-electron chi connectivity index (χ0n) is 9.24. The Morgan fingerprint density at radius 1 is 1.53 bits per heavy atom. The van der Waals surface area contributed by atoms with Gasteiger partial charge in [-0.1, -0.05) is 35.0 Å². The molecule has 2 rings (SSSR count). The Bertz CT molecular complexity index is 337. The first kappa shape index (κ1) is 11.0. The number of alkyl halides is 1. The molecular weight excluding hydrogens is 252 g/mol. The van der Waals surface area contributed by atoms with E-state index < -0.39 is 0 Å². The molecule has 0 radical (unpaired) electrons. The Balaban J connectivity index is 1.97. The summed E-state index contributed by atoms with van der Waals surface area (Å²) in [5.41, 5.74) is 1.36. The molecule has 82 valence electrons. The van der Waals surface area contributed by atoms with Gasteiger partial charge < -0.3 is 4.74 Å². The summed E-state index contributed by atoms with van der Waals surface area (Å²) in [6.45, 7) is 2.32. The van der Waals surface area contributed by atoms with Crippen LogP contribution in [0.1, 0.15) is 18.9 Å². The molecule has 1 aliphatic carbocycles. The van der Waals surface area contributed by atoms with Crippen molar-refractivity contribution in [2.24, 2.45) is 11.8 Å². The highest BCUT2D eigenvalue weighted by Gasteiger charge is 2.37. The van der Waals surface area contributed by atoms with Crippen LogP contribution >= 0.6 is 15.9 Å². The number of ether oxygens (including phenoxy) is 1. The van der Waals surface area contributed by atoms with Crippen LogP contribution in [0, 0.1) is 11.8 Å². The molecule has 15 heavy (non-hydrogen) atoms. The summed E-state index contributed by atoms with van der Waals surface area (Å²) in [5.74, 6) is 2.73. The van der Waals surface area contributed by atoms with Gasteiger partial charge in [-0.05, 0) is 42.4 Å². The van der Waals surface area contributed by atoms with Crippen molar-refractivity contribution in [2.75, 3.05) is 7.11 Å². The lowest BCUT2D eigenvalue weighted by Gasteiger charge is -2.09. The van der Waals surface area contributed by atoms with Crippen LogP contribution in [-0.4, -0.2) is 11.9 Å². The molecule has 0 aromatic heterocycles. The molecule has 0 amide bonds. The summed E-state index contributed by atoms with van der Waals surface area (Å²) >= 11 is 3.79. The fourth-order valence-electron chi connectivity index (χ4n) is 2.03. The molecule has 2 heteroatoms. The lowest BCUT2D eigenvalue weighted by molar-refractivity contribution is 0.414. The number of hydrogen-bond donors (Lipinski definition) is 0. The Morgan fingerprint density at radius 3 is 2.87 bits per heavy atom. The zero-order valence-corrected chi connectivity index (χ0v) is 10.8. The van der Waals surface area contributed by atoms with Gasteiger partial charge in [0, 0.05) is 4.83 Å². The maximum atomic E-state index is 5.22. The fraction of sp³-hybridized carbons (Fsp3) is 0.538. The van der Waals surface area contributed by atoms with Crippen molar-refractivity contribution in [3.8, 4) is 5.75 Å². The quantitative estimate of drug-likeness (QED) is 0.758. The van der Waals surface area contributed by atoms with Crippen LogP contribution in [-0.2, 0) is 6.42 Å². The third-order valence-corrected chi connectivity index (χ3v) is 4.20. The molecule has 0 saturated heterocycles. The van der Waals surface area contributed by atoms with Crippen LogP contribution in [0.4, 0.5) is 0 Å². The van der Waals surface area contributed by atoms with E-state index in [1.54, 1.807) is 7.11 Å². The zero-order chi connectivity index (χ0) is 10.8. The number of halogens is 1. The fourth-order valence-corrected chi connectivity index (χ4v) is 3.14. The lowest BCUT2D eigenvalue weighted by atomic mass is 10.1. The molecule has 3 atom stereocenters. The van der Waals surface area contributed by atoms with Gasteiger partial charge in [0.25, 0.3) is 0 Å². The van der Waals surface area contributed by atoms with Gasteiger partial charge >= 0.3 is 0 Å². The molecular formula is C13H17BrO. The van der Waals surface area contributed by atoms with Crippen molar-refractivity contribution in [1.29, 1.82) is 0 Å². The van der Waals surface area contributed by atoms with Crippen LogP contribution in [0.2, 0.25) is 0 Å². The third kappa shape index (κ3) is 2.75. The van der Waals surface area contributed by atoms with E-state index in [0.717, 1.165) is 24.0 Å². The molecule has 0 spiro atoms. The molecule has 0 heterocycles. The Hall–Kier alpha value is -0.500. The number of rotatable bonds is 4. The first-order valence-corrected chi connectivity index (χ1v) is 6.39. The highest BCUT2D eigenvalue weighted by Crippen LogP contribution is 2.44. The molecule has 1 nitrogen and oxygen atoms in total. The smallest absolute Gasteiger partial charge is 0.119 e. The van der Waals surface area contributed by atoms with Gasteiger partial charge in [-0.25, -0.2) is 0 Å². The van der Waals surface area contributed by atoms with Gasteiger partial charge in [0.15, 0.2) is 0 Å². The second-order valence-corrected chi connectivity index (χ2v) is 5.62. The predicted octanol–water partition coefficient (Wildman–Crippen LogP) is 3.66. The summed E-state index contributed by atoms with van der Waals surface area (Å²) in [6, 6.07) is 8.35. The van der Waals surface area contributed by atoms with E-state index >= 15 is 0 Å². The van der Waals surface area contributed by atoms with Gasteiger partial charge in [-0.3, -0.25) is 0 Å². The summed E-state index contributed by atoms with van der Waals surface area (Å²) in [7, 11) is 1.72. The molecule has 1 aliphatic rings. The number of methoxy groups -OCH3 is 1. The van der Waals surface area contributed by atoms with E-state index in [1.807, 2.05) is 6.07 Å². The molecule has 0 N–H and O–H groups in total. The van der Waals surface area contributed by atoms with E-state index in [1.165, 1.54) is 12.0 Å². The Kier molecular flexibility index (Phi) is 3.35. The van der Waals surface area contributed by atoms with Gasteiger partial charge in [0.05, 0.1) is 7.11 Å². The molecule has 3 unspecified atom stereocenters. The normalized spacial score (nSPS) is 26.1. The van der Waals surface area contributed by atoms with Gasteiger partial charge in [-0.15, -0.1) is 0 Å². The summed E-state index contributed by atoms with van der Waals surface area (Å²) in [5, 5.41) is 0. The van der Waals surface area contributed by atoms with Crippen LogP contribution in [0.15, 0.2) is 24.3 Å². The van der Waals surface area contributed by atoms with Crippen molar-refractivity contribution in [3.05, 3.63) is 29.8 Å². The average Bonchev–Trinajstić information content (AvgIpc) is 2.96. The van der Waals surface area contributed by atoms with Crippen molar-refractivity contribution >= 4 is 15.9 Å². The molecule has 1 saturated carbocycles. The minimum Gasteiger partial charge on any atom is -0.497 e. The molecule has 0 bridgehead atoms. The van der Waals surface area contributed by atoms with Crippen molar-refractivity contribution in [3.63, 3.8) is 0 Å². The van der Waals surface area contributed by atoms with Crippen LogP contribution < -0.4 is 4.74 Å². The first-order chi connectivity index (χ1) is 7.20. The van der Waals surface area contributed by atoms with E-state index in [9.17, 15) is 0 Å². The van der Waals surface area contributed by atoms with E-state index in [0.29, 0.717) is 4.83 Å². The lowest BCUT2D eigenvalue weighted by Crippen LogP contribution is -2.06. The third-order valence-electron chi connectivity index (χ3n) is 3.20. The molecule has 1 aromatic rings. The molecule has 1 fully saturated rings. The highest BCUT2D eigenvalue weighted by atomic mass is 79.9. The predicted molar refractivity (Wildman–Crippen MR) is 66.7 cm³/mol. The van der Waals surface area contributed by atoms with Gasteiger partial charge in [0.2, 0.25) is 0 Å². The average molecular weight is 269 g/mol. The monoisotopic (exact) mass is 268 g/mol. The van der Waals surface area contributed by atoms with Crippen LogP contribution in [0.3, 0.4) is 0 Å². The largest absolute Gasteiger partial charge is 0.497 e. The van der Waals surface area contributed by atoms with Crippen LogP contribution in [0.5, 0.6) is 5.75 Å². The summed E-state index contributed by atoms with van der Waals surface area (Å²) in [6.07, 6.45) is 2.48. The topological polar surface area (TPSA) is 9.23 Å². The van der Waals surface area contributed by atoms with E-state index in [-0.39, 0.29) is 0 Å². The van der Waals surface area contributed by atoms with Gasteiger partial charge in [-0.2, -0.15) is 0 Å². The standard InChI is InChI=1S/C13H17BrO/c1-9-6-12(9)13(14)8-10-4-3-5-11(7-10)15-2/h3-5,7,9,12-13H,6,8H2,1-2H3. The SMILES string of the molecule is COc1cccc(CC(Br)C2CC2C)c1. The van der Waals surface area contributed by atoms with Crippen molar-refractivity contribution in [1.82, 2.24) is 0 Å². The van der Waals surface area contributed by atoms with Crippen molar-refractivity contribution in [2.45, 2.75) is 24.6 Å². The Morgan fingerprint density at radius 2 is 2.27 bits per heavy atom. The van der Waals surface area contributed by atoms with E-state index in [4.69, 9.17) is 4.74 Å². The first-order valence-electron chi connectivity index (χ1n) is 5.47. The number of hydrogen-bond acceptors (Lipinski definition) is 1. The molecule has 1 aromatic carbocycles. The van der Waals surface area contributed by atoms with Crippen LogP contribution in [0.25, 0.3) is 0 Å². The summed E-state index contributed by atoms with van der Waals surface area (Å²) < 4.78 is 5.22. The van der Waals surface area contributed by atoms with E-state index in [2.05, 4.69) is 41.1 Å². The Labute approximate surface area is 100.0 Å². The minimum absolute atomic E-state index is 0.625. The molecule has 0 aliphatic heterocycles.